The van der Waals surface area contributed by atoms with Gasteiger partial charge < -0.3 is 0 Å². The smallest absolute Gasteiger partial charge is 0.171 e. The molecule has 1 aliphatic rings. The summed E-state index contributed by atoms with van der Waals surface area (Å²) in [6.45, 7) is 2.11. The fourth-order valence-electron chi connectivity index (χ4n) is 1.94. The fraction of sp³-hybridized carbons (Fsp3) is 0.286. The molecule has 90 valence electrons. The normalized spacial score (nSPS) is 15.8. The van der Waals surface area contributed by atoms with Crippen LogP contribution in [0.2, 0.25) is 0 Å². The van der Waals surface area contributed by atoms with Crippen molar-refractivity contribution in [2.45, 2.75) is 26.2 Å². The van der Waals surface area contributed by atoms with Gasteiger partial charge in [-0.1, -0.05) is 35.4 Å². The highest BCUT2D eigenvalue weighted by atomic mass is 35.5. The van der Waals surface area contributed by atoms with Gasteiger partial charge in [0.2, 0.25) is 0 Å². The average Bonchev–Trinajstić information content (AvgIpc) is 2.35. The first-order chi connectivity index (χ1) is 8.19. The van der Waals surface area contributed by atoms with Gasteiger partial charge >= 0.3 is 0 Å². The zero-order valence-electron chi connectivity index (χ0n) is 9.67. The molecule has 0 unspecified atom stereocenters. The van der Waals surface area contributed by atoms with Crippen LogP contribution < -0.4 is 4.94 Å². The van der Waals surface area contributed by atoms with Gasteiger partial charge in [-0.25, -0.2) is 0 Å². The van der Waals surface area contributed by atoms with Crippen molar-refractivity contribution >= 4 is 11.6 Å². The van der Waals surface area contributed by atoms with Gasteiger partial charge in [-0.2, -0.15) is 0 Å². The van der Waals surface area contributed by atoms with E-state index in [9.17, 15) is 4.53 Å². The lowest BCUT2D eigenvalue weighted by Crippen LogP contribution is -1.97. The molecule has 0 fully saturated rings. The maximum atomic E-state index is 11.9. The van der Waals surface area contributed by atoms with Crippen LogP contribution in [0.15, 0.2) is 46.5 Å². The van der Waals surface area contributed by atoms with Gasteiger partial charge in [-0.3, -0.25) is 4.94 Å². The molecule has 0 bridgehead atoms. The largest absolute Gasteiger partial charge is 0.294 e. The SMILES string of the molecule is CC1=CC(Cc2ccc(OF)cc2)=C(Cl)CC1. The molecule has 17 heavy (non-hydrogen) atoms. The summed E-state index contributed by atoms with van der Waals surface area (Å²) in [6.07, 6.45) is 4.88. The molecule has 1 aliphatic carbocycles. The summed E-state index contributed by atoms with van der Waals surface area (Å²) in [7, 11) is 0. The van der Waals surface area contributed by atoms with Crippen molar-refractivity contribution in [1.82, 2.24) is 0 Å². The predicted octanol–water partition coefficient (Wildman–Crippen LogP) is 4.73. The van der Waals surface area contributed by atoms with Gasteiger partial charge in [-0.05, 0) is 49.5 Å². The van der Waals surface area contributed by atoms with Crippen molar-refractivity contribution in [2.75, 3.05) is 0 Å². The molecule has 3 heteroatoms. The topological polar surface area (TPSA) is 9.23 Å². The third-order valence-corrected chi connectivity index (χ3v) is 3.35. The van der Waals surface area contributed by atoms with Gasteiger partial charge in [0.05, 0.1) is 0 Å². The lowest BCUT2D eigenvalue weighted by atomic mass is 9.95. The van der Waals surface area contributed by atoms with Crippen LogP contribution in [0, 0.1) is 0 Å². The summed E-state index contributed by atoms with van der Waals surface area (Å²) in [5.74, 6) is 0.226. The third kappa shape index (κ3) is 3.10. The summed E-state index contributed by atoms with van der Waals surface area (Å²) < 4.78 is 11.9. The molecule has 1 aromatic carbocycles. The lowest BCUT2D eigenvalue weighted by Gasteiger charge is -2.14. The van der Waals surface area contributed by atoms with Crippen LogP contribution in [0.4, 0.5) is 4.53 Å². The van der Waals surface area contributed by atoms with Crippen molar-refractivity contribution in [1.29, 1.82) is 0 Å². The Morgan fingerprint density at radius 2 is 1.94 bits per heavy atom. The molecule has 0 radical (unpaired) electrons. The van der Waals surface area contributed by atoms with E-state index >= 15 is 0 Å². The predicted molar refractivity (Wildman–Crippen MR) is 67.8 cm³/mol. The minimum absolute atomic E-state index is 0.226. The van der Waals surface area contributed by atoms with Crippen LogP contribution in [0.5, 0.6) is 5.75 Å². The molecule has 0 saturated carbocycles. The number of halogens is 2. The van der Waals surface area contributed by atoms with E-state index in [1.807, 2.05) is 12.1 Å². The lowest BCUT2D eigenvalue weighted by molar-refractivity contribution is -0.00621. The van der Waals surface area contributed by atoms with Crippen LogP contribution >= 0.6 is 11.6 Å². The molecular formula is C14H14ClFO. The summed E-state index contributed by atoms with van der Waals surface area (Å²) in [5, 5.41) is 0.932. The molecule has 0 aromatic heterocycles. The zero-order chi connectivity index (χ0) is 12.3. The second kappa shape index (κ2) is 5.37. The molecule has 0 amide bonds. The van der Waals surface area contributed by atoms with E-state index in [2.05, 4.69) is 17.9 Å². The van der Waals surface area contributed by atoms with E-state index in [1.165, 1.54) is 5.57 Å². The van der Waals surface area contributed by atoms with Crippen molar-refractivity contribution in [3.63, 3.8) is 0 Å². The number of hydrogen-bond donors (Lipinski definition) is 0. The van der Waals surface area contributed by atoms with Gasteiger partial charge in [0, 0.05) is 9.56 Å². The zero-order valence-corrected chi connectivity index (χ0v) is 10.4. The Balaban J connectivity index is 2.15. The molecule has 0 aliphatic heterocycles. The van der Waals surface area contributed by atoms with E-state index in [0.717, 1.165) is 35.4 Å². The fourth-order valence-corrected chi connectivity index (χ4v) is 2.16. The van der Waals surface area contributed by atoms with Crippen LogP contribution in [0.1, 0.15) is 25.3 Å². The van der Waals surface area contributed by atoms with Gasteiger partial charge in [0.15, 0.2) is 5.75 Å². The second-order valence-electron chi connectivity index (χ2n) is 4.32. The second-order valence-corrected chi connectivity index (χ2v) is 4.77. The van der Waals surface area contributed by atoms with Gasteiger partial charge in [0.25, 0.3) is 0 Å². The summed E-state index contributed by atoms with van der Waals surface area (Å²) in [4.78, 5) is 3.65. The summed E-state index contributed by atoms with van der Waals surface area (Å²) in [5.41, 5.74) is 3.61. The van der Waals surface area contributed by atoms with Crippen molar-refractivity contribution in [2.24, 2.45) is 0 Å². The average molecular weight is 253 g/mol. The van der Waals surface area contributed by atoms with Crippen molar-refractivity contribution < 1.29 is 9.47 Å². The monoisotopic (exact) mass is 252 g/mol. The summed E-state index contributed by atoms with van der Waals surface area (Å²) >= 11 is 6.21. The van der Waals surface area contributed by atoms with Gasteiger partial charge in [-0.15, -0.1) is 0 Å². The maximum absolute atomic E-state index is 11.9. The molecule has 0 spiro atoms. The Labute approximate surface area is 105 Å². The first-order valence-corrected chi connectivity index (χ1v) is 5.99. The molecule has 1 aromatic rings. The van der Waals surface area contributed by atoms with Crippen LogP contribution in [-0.4, -0.2) is 0 Å². The first-order valence-electron chi connectivity index (χ1n) is 5.61. The Morgan fingerprint density at radius 3 is 2.59 bits per heavy atom. The molecule has 2 rings (SSSR count). The number of rotatable bonds is 3. The molecule has 0 N–H and O–H groups in total. The Hall–Kier alpha value is -1.28. The minimum atomic E-state index is 0.226. The highest BCUT2D eigenvalue weighted by molar-refractivity contribution is 6.30. The Kier molecular flexibility index (Phi) is 3.85. The molecule has 1 nitrogen and oxygen atoms in total. The Morgan fingerprint density at radius 1 is 1.24 bits per heavy atom. The number of allylic oxidation sites excluding steroid dienone is 4. The summed E-state index contributed by atoms with van der Waals surface area (Å²) in [6, 6.07) is 6.93. The van der Waals surface area contributed by atoms with Crippen molar-refractivity contribution in [3.8, 4) is 5.75 Å². The number of hydrogen-bond acceptors (Lipinski definition) is 1. The minimum Gasteiger partial charge on any atom is -0.294 e. The molecule has 0 atom stereocenters. The van der Waals surface area contributed by atoms with Crippen LogP contribution in [0.25, 0.3) is 0 Å². The first kappa shape index (κ1) is 12.2. The van der Waals surface area contributed by atoms with Crippen LogP contribution in [0.3, 0.4) is 0 Å². The maximum Gasteiger partial charge on any atom is 0.171 e. The van der Waals surface area contributed by atoms with E-state index in [4.69, 9.17) is 11.6 Å². The van der Waals surface area contributed by atoms with E-state index < -0.39 is 0 Å². The molecular weight excluding hydrogens is 239 g/mol. The third-order valence-electron chi connectivity index (χ3n) is 2.91. The van der Waals surface area contributed by atoms with E-state index in [0.29, 0.717) is 0 Å². The highest BCUT2D eigenvalue weighted by Crippen LogP contribution is 2.29. The highest BCUT2D eigenvalue weighted by Gasteiger charge is 2.10. The van der Waals surface area contributed by atoms with Crippen molar-refractivity contribution in [3.05, 3.63) is 52.1 Å². The standard InChI is InChI=1S/C14H14ClFO/c1-10-2-7-14(15)12(8-10)9-11-3-5-13(17-16)6-4-11/h3-6,8H,2,7,9H2,1H3. The molecule has 0 heterocycles. The number of benzene rings is 1. The van der Waals surface area contributed by atoms with E-state index in [1.54, 1.807) is 12.1 Å². The van der Waals surface area contributed by atoms with Crippen LogP contribution in [-0.2, 0) is 6.42 Å². The van der Waals surface area contributed by atoms with E-state index in [-0.39, 0.29) is 5.75 Å². The quantitative estimate of drug-likeness (QED) is 0.756. The molecule has 0 saturated heterocycles. The Bertz CT molecular complexity index is 460. The van der Waals surface area contributed by atoms with Gasteiger partial charge in [0.1, 0.15) is 0 Å².